The molecule has 0 unspecified atom stereocenters. The zero-order valence-corrected chi connectivity index (χ0v) is 13.5. The Bertz CT molecular complexity index is 532. The number of piperidine rings is 1. The van der Waals surface area contributed by atoms with E-state index >= 15 is 0 Å². The fraction of sp³-hybridized carbons (Fsp3) is 0.588. The number of hydrogen-bond donors (Lipinski definition) is 2. The summed E-state index contributed by atoms with van der Waals surface area (Å²) in [7, 11) is 0. The Balaban J connectivity index is 1.93. The Labute approximate surface area is 131 Å². The molecule has 0 spiro atoms. The third-order valence-electron chi connectivity index (χ3n) is 3.94. The molecule has 1 aliphatic heterocycles. The van der Waals surface area contributed by atoms with Gasteiger partial charge in [0.05, 0.1) is 12.1 Å². The maximum absolute atomic E-state index is 13.9. The minimum atomic E-state index is -1.14. The molecule has 0 aromatic heterocycles. The van der Waals surface area contributed by atoms with E-state index in [0.29, 0.717) is 38.0 Å². The number of nitrogens with one attached hydrogen (secondary N) is 1. The summed E-state index contributed by atoms with van der Waals surface area (Å²) in [6.45, 7) is 7.28. The molecular weight excluding hydrogens is 283 g/mol. The summed E-state index contributed by atoms with van der Waals surface area (Å²) in [5, 5.41) is 13.6. The molecule has 1 aliphatic rings. The predicted octanol–water partition coefficient (Wildman–Crippen LogP) is 2.02. The van der Waals surface area contributed by atoms with Gasteiger partial charge in [-0.05, 0) is 39.7 Å². The average Bonchev–Trinajstić information content (AvgIpc) is 2.40. The van der Waals surface area contributed by atoms with Crippen LogP contribution < -0.4 is 5.32 Å². The first kappa shape index (κ1) is 16.9. The van der Waals surface area contributed by atoms with E-state index in [1.807, 2.05) is 25.7 Å². The lowest BCUT2D eigenvalue weighted by Crippen LogP contribution is -2.49. The highest BCUT2D eigenvalue weighted by Gasteiger charge is 2.36. The molecule has 0 aliphatic carbocycles. The first-order valence-corrected chi connectivity index (χ1v) is 7.70. The van der Waals surface area contributed by atoms with Gasteiger partial charge in [-0.2, -0.15) is 0 Å². The van der Waals surface area contributed by atoms with Gasteiger partial charge in [-0.25, -0.2) is 4.39 Å². The van der Waals surface area contributed by atoms with E-state index < -0.39 is 5.60 Å². The van der Waals surface area contributed by atoms with Gasteiger partial charge in [0.1, 0.15) is 5.82 Å². The number of hydrogen-bond acceptors (Lipinski definition) is 3. The number of carbonyl (C=O) groups is 1. The van der Waals surface area contributed by atoms with E-state index in [1.54, 1.807) is 18.2 Å². The molecule has 1 aromatic rings. The summed E-state index contributed by atoms with van der Waals surface area (Å²) in [5.74, 6) is -0.396. The van der Waals surface area contributed by atoms with Gasteiger partial charge in [0.2, 0.25) is 5.91 Å². The van der Waals surface area contributed by atoms with Crippen molar-refractivity contribution in [2.75, 3.05) is 19.6 Å². The second-order valence-electron chi connectivity index (χ2n) is 7.09. The quantitative estimate of drug-likeness (QED) is 0.898. The second-order valence-corrected chi connectivity index (χ2v) is 7.09. The molecule has 0 saturated carbocycles. The fourth-order valence-electron chi connectivity index (χ4n) is 2.85. The molecule has 1 fully saturated rings. The van der Waals surface area contributed by atoms with Crippen molar-refractivity contribution >= 4 is 5.91 Å². The number of halogens is 1. The molecule has 5 heteroatoms. The van der Waals surface area contributed by atoms with Gasteiger partial charge in [-0.15, -0.1) is 0 Å². The van der Waals surface area contributed by atoms with E-state index in [2.05, 4.69) is 5.32 Å². The van der Waals surface area contributed by atoms with Crippen molar-refractivity contribution in [2.24, 2.45) is 0 Å². The lowest BCUT2D eigenvalue weighted by atomic mass is 9.84. The van der Waals surface area contributed by atoms with E-state index in [0.717, 1.165) is 0 Å². The van der Waals surface area contributed by atoms with Crippen molar-refractivity contribution in [2.45, 2.75) is 44.8 Å². The monoisotopic (exact) mass is 308 g/mol. The topological polar surface area (TPSA) is 52.6 Å². The Morgan fingerprint density at radius 3 is 2.45 bits per heavy atom. The van der Waals surface area contributed by atoms with Crippen LogP contribution in [0.2, 0.25) is 0 Å². The standard InChI is InChI=1S/C17H25FN2O2/c1-16(2,3)19-15(21)12-20-10-8-17(22,9-11-20)13-6-4-5-7-14(13)18/h4-7,22H,8-12H2,1-3H3,(H,19,21). The van der Waals surface area contributed by atoms with Gasteiger partial charge in [0.25, 0.3) is 0 Å². The summed E-state index contributed by atoms with van der Waals surface area (Å²) in [6.07, 6.45) is 0.855. The maximum Gasteiger partial charge on any atom is 0.234 e. The normalized spacial score (nSPS) is 19.0. The third kappa shape index (κ3) is 4.27. The Morgan fingerprint density at radius 1 is 1.32 bits per heavy atom. The molecule has 1 heterocycles. The highest BCUT2D eigenvalue weighted by atomic mass is 19.1. The first-order chi connectivity index (χ1) is 10.2. The van der Waals surface area contributed by atoms with E-state index in [1.165, 1.54) is 6.07 Å². The summed E-state index contributed by atoms with van der Waals surface area (Å²) < 4.78 is 13.9. The molecule has 4 nitrogen and oxygen atoms in total. The van der Waals surface area contributed by atoms with E-state index in [-0.39, 0.29) is 17.3 Å². The van der Waals surface area contributed by atoms with Crippen LogP contribution in [0.15, 0.2) is 24.3 Å². The second kappa shape index (κ2) is 6.34. The number of aliphatic hydroxyl groups is 1. The van der Waals surface area contributed by atoms with Crippen molar-refractivity contribution in [3.8, 4) is 0 Å². The molecule has 2 N–H and O–H groups in total. The minimum Gasteiger partial charge on any atom is -0.385 e. The molecule has 122 valence electrons. The van der Waals surface area contributed by atoms with Crippen LogP contribution in [-0.4, -0.2) is 41.1 Å². The van der Waals surface area contributed by atoms with E-state index in [9.17, 15) is 14.3 Å². The molecule has 0 atom stereocenters. The van der Waals surface area contributed by atoms with Crippen molar-refractivity contribution in [3.05, 3.63) is 35.6 Å². The van der Waals surface area contributed by atoms with Gasteiger partial charge >= 0.3 is 0 Å². The largest absolute Gasteiger partial charge is 0.385 e. The highest BCUT2D eigenvalue weighted by Crippen LogP contribution is 2.34. The number of carbonyl (C=O) groups excluding carboxylic acids is 1. The van der Waals surface area contributed by atoms with Crippen molar-refractivity contribution in [1.82, 2.24) is 10.2 Å². The maximum atomic E-state index is 13.9. The first-order valence-electron chi connectivity index (χ1n) is 7.70. The zero-order chi connectivity index (χ0) is 16.4. The van der Waals surface area contributed by atoms with Crippen LogP contribution in [0.4, 0.5) is 4.39 Å². The van der Waals surface area contributed by atoms with Gasteiger partial charge < -0.3 is 10.4 Å². The Morgan fingerprint density at radius 2 is 1.91 bits per heavy atom. The van der Waals surface area contributed by atoms with Crippen LogP contribution in [0, 0.1) is 5.82 Å². The van der Waals surface area contributed by atoms with Crippen LogP contribution in [0.1, 0.15) is 39.2 Å². The SMILES string of the molecule is CC(C)(C)NC(=O)CN1CCC(O)(c2ccccc2F)CC1. The smallest absolute Gasteiger partial charge is 0.234 e. The van der Waals surface area contributed by atoms with Gasteiger partial charge in [0.15, 0.2) is 0 Å². The summed E-state index contributed by atoms with van der Waals surface area (Å²) in [6, 6.07) is 6.36. The zero-order valence-electron chi connectivity index (χ0n) is 13.5. The molecule has 2 rings (SSSR count). The summed E-state index contributed by atoms with van der Waals surface area (Å²) in [5.41, 5.74) is -1.03. The van der Waals surface area contributed by atoms with Crippen LogP contribution in [0.25, 0.3) is 0 Å². The van der Waals surface area contributed by atoms with Crippen molar-refractivity contribution in [3.63, 3.8) is 0 Å². The fourth-order valence-corrected chi connectivity index (χ4v) is 2.85. The summed E-state index contributed by atoms with van der Waals surface area (Å²) in [4.78, 5) is 13.9. The number of rotatable bonds is 3. The number of nitrogens with zero attached hydrogens (tertiary/aromatic N) is 1. The third-order valence-corrected chi connectivity index (χ3v) is 3.94. The number of likely N-dealkylation sites (tertiary alicyclic amines) is 1. The molecule has 1 aromatic carbocycles. The number of amides is 1. The van der Waals surface area contributed by atoms with Crippen molar-refractivity contribution in [1.29, 1.82) is 0 Å². The van der Waals surface area contributed by atoms with Crippen LogP contribution in [-0.2, 0) is 10.4 Å². The molecular formula is C17H25FN2O2. The molecule has 0 radical (unpaired) electrons. The highest BCUT2D eigenvalue weighted by molar-refractivity contribution is 5.78. The Kier molecular flexibility index (Phi) is 4.87. The van der Waals surface area contributed by atoms with Gasteiger partial charge in [-0.1, -0.05) is 18.2 Å². The molecule has 1 saturated heterocycles. The predicted molar refractivity (Wildman–Crippen MR) is 83.9 cm³/mol. The lowest BCUT2D eigenvalue weighted by Gasteiger charge is -2.38. The van der Waals surface area contributed by atoms with Gasteiger partial charge in [0, 0.05) is 24.2 Å². The van der Waals surface area contributed by atoms with Crippen LogP contribution in [0.5, 0.6) is 0 Å². The van der Waals surface area contributed by atoms with Gasteiger partial charge in [-0.3, -0.25) is 9.69 Å². The Hall–Kier alpha value is -1.46. The molecule has 0 bridgehead atoms. The molecule has 22 heavy (non-hydrogen) atoms. The number of benzene rings is 1. The summed E-state index contributed by atoms with van der Waals surface area (Å²) >= 11 is 0. The van der Waals surface area contributed by atoms with E-state index in [4.69, 9.17) is 0 Å². The average molecular weight is 308 g/mol. The van der Waals surface area contributed by atoms with Crippen LogP contribution >= 0.6 is 0 Å². The lowest BCUT2D eigenvalue weighted by molar-refractivity contribution is -0.125. The van der Waals surface area contributed by atoms with Crippen LogP contribution in [0.3, 0.4) is 0 Å². The van der Waals surface area contributed by atoms with Crippen molar-refractivity contribution < 1.29 is 14.3 Å². The molecule has 1 amide bonds. The minimum absolute atomic E-state index is 0.0242.